The van der Waals surface area contributed by atoms with E-state index in [-0.39, 0.29) is 0 Å². The van der Waals surface area contributed by atoms with E-state index in [1.165, 1.54) is 119 Å². The highest BCUT2D eigenvalue weighted by atomic mass is 79.9. The third-order valence-corrected chi connectivity index (χ3v) is 13.5. The van der Waals surface area contributed by atoms with E-state index in [2.05, 4.69) is 88.2 Å². The van der Waals surface area contributed by atoms with Crippen molar-refractivity contribution in [2.45, 2.75) is 141 Å². The number of halogens is 2. The molecule has 0 spiro atoms. The highest BCUT2D eigenvalue weighted by Gasteiger charge is 2.38. The quantitative estimate of drug-likeness (QED) is 0.286. The van der Waals surface area contributed by atoms with Crippen LogP contribution in [0.2, 0.25) is 0 Å². The predicted octanol–water partition coefficient (Wildman–Crippen LogP) is 13.7. The summed E-state index contributed by atoms with van der Waals surface area (Å²) in [5.74, 6) is 5.79. The van der Waals surface area contributed by atoms with Crippen molar-refractivity contribution in [2.75, 3.05) is 0 Å². The van der Waals surface area contributed by atoms with Crippen LogP contribution in [0.3, 0.4) is 0 Å². The maximum absolute atomic E-state index is 11.0. The third-order valence-electron chi connectivity index (χ3n) is 12.4. The van der Waals surface area contributed by atoms with Crippen LogP contribution in [0.15, 0.2) is 63.6 Å². The molecule has 3 heteroatoms. The lowest BCUT2D eigenvalue weighted by molar-refractivity contribution is -0.0260. The molecule has 0 aromatic heterocycles. The monoisotopic (exact) mass is 738 g/mol. The van der Waals surface area contributed by atoms with E-state index < -0.39 is 5.60 Å². The van der Waals surface area contributed by atoms with Crippen LogP contribution in [-0.2, 0) is 5.60 Å². The molecule has 0 aliphatic heterocycles. The van der Waals surface area contributed by atoms with Gasteiger partial charge >= 0.3 is 0 Å². The Bertz CT molecular complexity index is 1160. The lowest BCUT2D eigenvalue weighted by Gasteiger charge is -2.41. The molecule has 4 aliphatic rings. The van der Waals surface area contributed by atoms with Crippen LogP contribution in [0.25, 0.3) is 5.57 Å². The van der Waals surface area contributed by atoms with Crippen molar-refractivity contribution in [3.63, 3.8) is 0 Å². The molecule has 45 heavy (non-hydrogen) atoms. The summed E-state index contributed by atoms with van der Waals surface area (Å²) < 4.78 is 2.26. The number of benzene rings is 2. The van der Waals surface area contributed by atoms with Gasteiger partial charge in [-0.15, -0.1) is 0 Å². The Morgan fingerprint density at radius 1 is 0.600 bits per heavy atom. The summed E-state index contributed by atoms with van der Waals surface area (Å²) >= 11 is 7.01. The molecule has 1 nitrogen and oxygen atoms in total. The number of aliphatic hydroxyl groups is 1. The van der Waals surface area contributed by atoms with Crippen molar-refractivity contribution in [2.24, 2.45) is 35.5 Å². The van der Waals surface area contributed by atoms with Crippen molar-refractivity contribution >= 4 is 37.4 Å². The van der Waals surface area contributed by atoms with Gasteiger partial charge in [-0.3, -0.25) is 0 Å². The van der Waals surface area contributed by atoms with Crippen molar-refractivity contribution in [3.8, 4) is 0 Å². The third kappa shape index (κ3) is 10.1. The standard InChI is InChI=1S/C21H31BrO.C21H29Br/c1-2-3-16-4-6-17(7-5-16)18-12-14-21(23,15-13-18)19-8-10-20(22)11-9-19;1-2-3-16-4-6-17(7-5-16)18-8-10-19(11-9-18)20-12-14-21(22)15-13-20/h8-11,16-18,23H,2-7,12-15H2,1H3;10,12-18H,2-9,11H2,1H3. The first-order valence-corrected chi connectivity index (χ1v) is 20.4. The van der Waals surface area contributed by atoms with Gasteiger partial charge in [0.1, 0.15) is 0 Å². The predicted molar refractivity (Wildman–Crippen MR) is 200 cm³/mol. The molecular weight excluding hydrogens is 680 g/mol. The van der Waals surface area contributed by atoms with Crippen LogP contribution in [0.4, 0.5) is 0 Å². The fourth-order valence-corrected chi connectivity index (χ4v) is 10.1. The van der Waals surface area contributed by atoms with Gasteiger partial charge in [-0.2, -0.15) is 0 Å². The molecule has 0 radical (unpaired) electrons. The Kier molecular flexibility index (Phi) is 13.8. The Hall–Kier alpha value is -0.900. The van der Waals surface area contributed by atoms with E-state index in [9.17, 15) is 5.11 Å². The molecule has 2 aromatic carbocycles. The fraction of sp³-hybridized carbons (Fsp3) is 0.667. The first-order valence-electron chi connectivity index (χ1n) is 18.8. The lowest BCUT2D eigenvalue weighted by Crippen LogP contribution is -2.34. The molecule has 1 atom stereocenters. The van der Waals surface area contributed by atoms with Crippen LogP contribution >= 0.6 is 31.9 Å². The first-order chi connectivity index (χ1) is 21.9. The van der Waals surface area contributed by atoms with Crippen molar-refractivity contribution in [3.05, 3.63) is 74.7 Å². The van der Waals surface area contributed by atoms with Gasteiger partial charge < -0.3 is 5.11 Å². The molecule has 0 bridgehead atoms. The van der Waals surface area contributed by atoms with Crippen molar-refractivity contribution in [1.29, 1.82) is 0 Å². The average molecular weight is 741 g/mol. The molecule has 2 aromatic rings. The molecule has 1 unspecified atom stereocenters. The van der Waals surface area contributed by atoms with Crippen LogP contribution in [0.5, 0.6) is 0 Å². The minimum atomic E-state index is -0.587. The summed E-state index contributed by atoms with van der Waals surface area (Å²) in [7, 11) is 0. The second-order valence-corrected chi connectivity index (χ2v) is 17.1. The fourth-order valence-electron chi connectivity index (χ4n) is 9.56. The average Bonchev–Trinajstić information content (AvgIpc) is 3.07. The summed E-state index contributed by atoms with van der Waals surface area (Å²) in [6.45, 7) is 4.65. The number of rotatable bonds is 8. The zero-order valence-corrected chi connectivity index (χ0v) is 31.5. The summed E-state index contributed by atoms with van der Waals surface area (Å²) in [6, 6.07) is 17.1. The molecular formula is C42H60Br2O. The van der Waals surface area contributed by atoms with Gasteiger partial charge in [-0.25, -0.2) is 0 Å². The molecule has 4 aliphatic carbocycles. The molecule has 0 saturated heterocycles. The first kappa shape index (κ1) is 35.4. The highest BCUT2D eigenvalue weighted by Crippen LogP contribution is 2.46. The number of allylic oxidation sites excluding steroid dienone is 2. The smallest absolute Gasteiger partial charge is 0.0896 e. The number of hydrogen-bond acceptors (Lipinski definition) is 1. The van der Waals surface area contributed by atoms with Crippen LogP contribution in [-0.4, -0.2) is 5.11 Å². The van der Waals surface area contributed by atoms with Gasteiger partial charge in [-0.05, 0) is 147 Å². The summed E-state index contributed by atoms with van der Waals surface area (Å²) in [5, 5.41) is 11.0. The summed E-state index contributed by atoms with van der Waals surface area (Å²) in [4.78, 5) is 0. The molecule has 0 heterocycles. The van der Waals surface area contributed by atoms with Gasteiger partial charge in [-0.1, -0.05) is 127 Å². The Morgan fingerprint density at radius 2 is 1.07 bits per heavy atom. The van der Waals surface area contributed by atoms with Gasteiger partial charge in [0.2, 0.25) is 0 Å². The van der Waals surface area contributed by atoms with E-state index in [1.807, 2.05) is 12.1 Å². The second-order valence-electron chi connectivity index (χ2n) is 15.3. The largest absolute Gasteiger partial charge is 0.385 e. The zero-order valence-electron chi connectivity index (χ0n) is 28.3. The zero-order chi connectivity index (χ0) is 31.6. The van der Waals surface area contributed by atoms with Crippen LogP contribution < -0.4 is 0 Å². The molecule has 0 amide bonds. The molecule has 3 saturated carbocycles. The van der Waals surface area contributed by atoms with Crippen molar-refractivity contribution in [1.82, 2.24) is 0 Å². The van der Waals surface area contributed by atoms with Gasteiger partial charge in [0.15, 0.2) is 0 Å². The molecule has 6 rings (SSSR count). The minimum Gasteiger partial charge on any atom is -0.385 e. The Labute approximate surface area is 292 Å². The van der Waals surface area contributed by atoms with Crippen LogP contribution in [0, 0.1) is 35.5 Å². The Balaban J connectivity index is 0.000000178. The van der Waals surface area contributed by atoms with Gasteiger partial charge in [0, 0.05) is 8.95 Å². The lowest BCUT2D eigenvalue weighted by atomic mass is 9.66. The van der Waals surface area contributed by atoms with Crippen LogP contribution in [0.1, 0.15) is 147 Å². The number of hydrogen-bond donors (Lipinski definition) is 1. The van der Waals surface area contributed by atoms with E-state index in [0.717, 1.165) is 58.4 Å². The maximum atomic E-state index is 11.0. The molecule has 3 fully saturated rings. The Morgan fingerprint density at radius 3 is 1.53 bits per heavy atom. The van der Waals surface area contributed by atoms with E-state index in [0.29, 0.717) is 0 Å². The topological polar surface area (TPSA) is 20.2 Å². The SMILES string of the molecule is CCCC1CCC(C2CC=C(c3ccc(Br)cc3)CC2)CC1.CCCC1CCC(C2CCC(O)(c3ccc(Br)cc3)CC2)CC1. The molecule has 1 N–H and O–H groups in total. The van der Waals surface area contributed by atoms with E-state index in [1.54, 1.807) is 5.57 Å². The molecule has 248 valence electrons. The van der Waals surface area contributed by atoms with Gasteiger partial charge in [0.05, 0.1) is 5.60 Å². The van der Waals surface area contributed by atoms with Crippen molar-refractivity contribution < 1.29 is 5.11 Å². The second kappa shape index (κ2) is 17.5. The summed E-state index contributed by atoms with van der Waals surface area (Å²) in [5.41, 5.74) is 3.51. The minimum absolute atomic E-state index is 0.587. The van der Waals surface area contributed by atoms with Gasteiger partial charge in [0.25, 0.3) is 0 Å². The summed E-state index contributed by atoms with van der Waals surface area (Å²) in [6.07, 6.45) is 28.2. The maximum Gasteiger partial charge on any atom is 0.0896 e. The van der Waals surface area contributed by atoms with E-state index >= 15 is 0 Å². The highest BCUT2D eigenvalue weighted by molar-refractivity contribution is 9.10. The normalized spacial score (nSPS) is 32.2. The van der Waals surface area contributed by atoms with E-state index in [4.69, 9.17) is 0 Å².